The van der Waals surface area contributed by atoms with Gasteiger partial charge in [0.25, 0.3) is 0 Å². The molecule has 0 amide bonds. The fraction of sp³-hybridized carbons (Fsp3) is 0.917. The van der Waals surface area contributed by atoms with Crippen molar-refractivity contribution in [2.24, 2.45) is 27.7 Å². The summed E-state index contributed by atoms with van der Waals surface area (Å²) in [6, 6.07) is 0. The highest BCUT2D eigenvalue weighted by atomic mass is 16.3. The van der Waals surface area contributed by atoms with Crippen molar-refractivity contribution in [3.8, 4) is 0 Å². The Morgan fingerprint density at radius 2 is 2.00 bits per heavy atom. The third-order valence-corrected chi connectivity index (χ3v) is 4.87. The monoisotopic (exact) mass is 210 g/mol. The average molecular weight is 210 g/mol. The van der Waals surface area contributed by atoms with Crippen molar-refractivity contribution < 1.29 is 5.11 Å². The molecule has 0 bridgehead atoms. The SMILES string of the molecule is CC1(C)CC[C@H](O)[C@@]2(C)/C(=N/N)CC[C@@H]12. The van der Waals surface area contributed by atoms with E-state index in [0.717, 1.165) is 31.4 Å². The largest absolute Gasteiger partial charge is 0.392 e. The molecular formula is C12H22N2O. The van der Waals surface area contributed by atoms with Gasteiger partial charge in [-0.05, 0) is 37.0 Å². The molecule has 0 heterocycles. The Kier molecular flexibility index (Phi) is 2.34. The van der Waals surface area contributed by atoms with Gasteiger partial charge in [-0.2, -0.15) is 5.10 Å². The number of aliphatic hydroxyl groups excluding tert-OH is 1. The normalized spacial score (nSPS) is 46.8. The van der Waals surface area contributed by atoms with E-state index in [2.05, 4.69) is 25.9 Å². The van der Waals surface area contributed by atoms with Crippen molar-refractivity contribution in [2.45, 2.75) is 52.6 Å². The van der Waals surface area contributed by atoms with Crippen LogP contribution in [0.2, 0.25) is 0 Å². The molecule has 0 saturated heterocycles. The Morgan fingerprint density at radius 1 is 1.33 bits per heavy atom. The second-order valence-electron chi connectivity index (χ2n) is 5.99. The molecule has 0 radical (unpaired) electrons. The molecule has 2 fully saturated rings. The van der Waals surface area contributed by atoms with Crippen LogP contribution in [0.1, 0.15) is 46.5 Å². The zero-order valence-electron chi connectivity index (χ0n) is 9.95. The molecule has 2 rings (SSSR count). The van der Waals surface area contributed by atoms with E-state index in [9.17, 15) is 5.11 Å². The molecule has 0 aromatic heterocycles. The molecule has 3 heteroatoms. The zero-order valence-corrected chi connectivity index (χ0v) is 9.95. The van der Waals surface area contributed by atoms with Crippen LogP contribution in [0.15, 0.2) is 5.10 Å². The first kappa shape index (κ1) is 10.9. The van der Waals surface area contributed by atoms with Crippen LogP contribution in [0.25, 0.3) is 0 Å². The van der Waals surface area contributed by atoms with Gasteiger partial charge in [-0.25, -0.2) is 0 Å². The van der Waals surface area contributed by atoms with E-state index < -0.39 is 0 Å². The molecular weight excluding hydrogens is 188 g/mol. The van der Waals surface area contributed by atoms with Crippen molar-refractivity contribution in [3.05, 3.63) is 0 Å². The van der Waals surface area contributed by atoms with Crippen LogP contribution in [0, 0.1) is 16.7 Å². The quantitative estimate of drug-likeness (QED) is 0.474. The van der Waals surface area contributed by atoms with Crippen LogP contribution in [-0.4, -0.2) is 16.9 Å². The topological polar surface area (TPSA) is 58.6 Å². The summed E-state index contributed by atoms with van der Waals surface area (Å²) < 4.78 is 0. The molecule has 3 atom stereocenters. The molecule has 2 aliphatic carbocycles. The Bertz CT molecular complexity index is 298. The van der Waals surface area contributed by atoms with Crippen LogP contribution < -0.4 is 5.84 Å². The van der Waals surface area contributed by atoms with Gasteiger partial charge in [0.15, 0.2) is 0 Å². The van der Waals surface area contributed by atoms with Gasteiger partial charge < -0.3 is 10.9 Å². The maximum atomic E-state index is 10.2. The average Bonchev–Trinajstić information content (AvgIpc) is 2.52. The lowest BCUT2D eigenvalue weighted by atomic mass is 9.56. The van der Waals surface area contributed by atoms with Gasteiger partial charge in [-0.3, -0.25) is 0 Å². The first-order chi connectivity index (χ1) is 6.93. The number of rotatable bonds is 0. The summed E-state index contributed by atoms with van der Waals surface area (Å²) in [6.07, 6.45) is 3.79. The molecule has 0 aromatic carbocycles. The standard InChI is InChI=1S/C12H22N2O/c1-11(2)7-6-10(15)12(3)8(11)4-5-9(12)14-13/h8,10,15H,4-7,13H2,1-3H3/b14-9+/t8-,10-,12+/m0/s1. The van der Waals surface area contributed by atoms with Gasteiger partial charge in [0, 0.05) is 11.1 Å². The van der Waals surface area contributed by atoms with E-state index in [4.69, 9.17) is 5.84 Å². The number of nitrogens with two attached hydrogens (primary N) is 1. The van der Waals surface area contributed by atoms with Crippen LogP contribution in [0.5, 0.6) is 0 Å². The van der Waals surface area contributed by atoms with E-state index >= 15 is 0 Å². The summed E-state index contributed by atoms with van der Waals surface area (Å²) in [7, 11) is 0. The molecule has 2 aliphatic rings. The number of hydrogen-bond acceptors (Lipinski definition) is 3. The maximum absolute atomic E-state index is 10.2. The van der Waals surface area contributed by atoms with E-state index in [0.29, 0.717) is 11.3 Å². The lowest BCUT2D eigenvalue weighted by Crippen LogP contribution is -2.50. The van der Waals surface area contributed by atoms with Crippen LogP contribution in [0.4, 0.5) is 0 Å². The minimum absolute atomic E-state index is 0.170. The summed E-state index contributed by atoms with van der Waals surface area (Å²) in [6.45, 7) is 6.75. The maximum Gasteiger partial charge on any atom is 0.0649 e. The number of hydrogen-bond donors (Lipinski definition) is 2. The van der Waals surface area contributed by atoms with E-state index in [-0.39, 0.29) is 11.5 Å². The van der Waals surface area contributed by atoms with Crippen LogP contribution >= 0.6 is 0 Å². The number of hydrazone groups is 1. The van der Waals surface area contributed by atoms with E-state index in [1.54, 1.807) is 0 Å². The lowest BCUT2D eigenvalue weighted by molar-refractivity contribution is -0.0496. The first-order valence-electron chi connectivity index (χ1n) is 5.88. The fourth-order valence-electron chi connectivity index (χ4n) is 3.86. The summed E-state index contributed by atoms with van der Waals surface area (Å²) in [5.74, 6) is 5.98. The van der Waals surface area contributed by atoms with Crippen molar-refractivity contribution in [3.63, 3.8) is 0 Å². The van der Waals surface area contributed by atoms with Crippen molar-refractivity contribution in [1.29, 1.82) is 0 Å². The van der Waals surface area contributed by atoms with Gasteiger partial charge in [0.1, 0.15) is 0 Å². The predicted molar refractivity (Wildman–Crippen MR) is 61.5 cm³/mol. The minimum Gasteiger partial charge on any atom is -0.392 e. The summed E-state index contributed by atoms with van der Waals surface area (Å²) >= 11 is 0. The van der Waals surface area contributed by atoms with Crippen molar-refractivity contribution >= 4 is 5.71 Å². The van der Waals surface area contributed by atoms with Crippen LogP contribution in [0.3, 0.4) is 0 Å². The Morgan fingerprint density at radius 3 is 2.60 bits per heavy atom. The smallest absolute Gasteiger partial charge is 0.0649 e. The van der Waals surface area contributed by atoms with Gasteiger partial charge >= 0.3 is 0 Å². The highest BCUT2D eigenvalue weighted by Crippen LogP contribution is 2.57. The van der Waals surface area contributed by atoms with Crippen molar-refractivity contribution in [2.75, 3.05) is 0 Å². The molecule has 3 nitrogen and oxygen atoms in total. The summed E-state index contributed by atoms with van der Waals surface area (Å²) in [5, 5.41) is 14.2. The molecule has 0 aromatic rings. The molecule has 0 unspecified atom stereocenters. The highest BCUT2D eigenvalue weighted by Gasteiger charge is 2.57. The van der Waals surface area contributed by atoms with E-state index in [1.807, 2.05) is 0 Å². The molecule has 0 aliphatic heterocycles. The third kappa shape index (κ3) is 1.32. The van der Waals surface area contributed by atoms with Gasteiger partial charge in [0.2, 0.25) is 0 Å². The number of nitrogens with zero attached hydrogens (tertiary/aromatic N) is 1. The Hall–Kier alpha value is -0.570. The second kappa shape index (κ2) is 3.21. The van der Waals surface area contributed by atoms with Gasteiger partial charge in [-0.15, -0.1) is 0 Å². The van der Waals surface area contributed by atoms with Gasteiger partial charge in [-0.1, -0.05) is 20.8 Å². The molecule has 2 saturated carbocycles. The molecule has 0 spiro atoms. The minimum atomic E-state index is -0.264. The predicted octanol–water partition coefficient (Wildman–Crippen LogP) is 1.90. The molecule has 3 N–H and O–H groups in total. The third-order valence-electron chi connectivity index (χ3n) is 4.87. The highest BCUT2D eigenvalue weighted by molar-refractivity contribution is 5.92. The van der Waals surface area contributed by atoms with Gasteiger partial charge in [0.05, 0.1) is 6.10 Å². The fourth-order valence-corrected chi connectivity index (χ4v) is 3.86. The molecule has 86 valence electrons. The van der Waals surface area contributed by atoms with Crippen LogP contribution in [-0.2, 0) is 0 Å². The number of fused-ring (bicyclic) bond motifs is 1. The summed E-state index contributed by atoms with van der Waals surface area (Å²) in [5.41, 5.74) is 1.16. The number of aliphatic hydroxyl groups is 1. The second-order valence-corrected chi connectivity index (χ2v) is 5.99. The molecule has 15 heavy (non-hydrogen) atoms. The van der Waals surface area contributed by atoms with E-state index in [1.165, 1.54) is 0 Å². The lowest BCUT2D eigenvalue weighted by Gasteiger charge is -2.49. The summed E-state index contributed by atoms with van der Waals surface area (Å²) in [4.78, 5) is 0. The zero-order chi connectivity index (χ0) is 11.3. The Balaban J connectivity index is 2.42. The van der Waals surface area contributed by atoms with Crippen molar-refractivity contribution in [1.82, 2.24) is 0 Å². The first-order valence-corrected chi connectivity index (χ1v) is 5.88. The Labute approximate surface area is 91.7 Å².